The lowest BCUT2D eigenvalue weighted by atomic mass is 9.79. The average molecular weight is 453 g/mol. The summed E-state index contributed by atoms with van der Waals surface area (Å²) >= 11 is 0. The summed E-state index contributed by atoms with van der Waals surface area (Å²) in [6, 6.07) is 24.0. The molecule has 0 aromatic heterocycles. The minimum atomic E-state index is -0.902. The summed E-state index contributed by atoms with van der Waals surface area (Å²) in [5.74, 6) is 0.618. The molecule has 0 spiro atoms. The van der Waals surface area contributed by atoms with Crippen molar-refractivity contribution in [1.29, 1.82) is 0 Å². The van der Waals surface area contributed by atoms with E-state index in [-0.39, 0.29) is 0 Å². The zero-order valence-corrected chi connectivity index (χ0v) is 18.5. The van der Waals surface area contributed by atoms with E-state index in [2.05, 4.69) is 0 Å². The van der Waals surface area contributed by atoms with Crippen LogP contribution in [0.15, 0.2) is 78.9 Å². The van der Waals surface area contributed by atoms with E-state index in [0.29, 0.717) is 44.7 Å². The third-order valence-electron chi connectivity index (χ3n) is 7.15. The van der Waals surface area contributed by atoms with Crippen molar-refractivity contribution in [3.8, 4) is 16.9 Å². The molecule has 0 fully saturated rings. The molecule has 4 atom stereocenters. The molecule has 34 heavy (non-hydrogen) atoms. The fourth-order valence-electron chi connectivity index (χ4n) is 5.32. The van der Waals surface area contributed by atoms with Gasteiger partial charge in [0, 0.05) is 0 Å². The minimum Gasteiger partial charge on any atom is -0.497 e. The lowest BCUT2D eigenvalue weighted by Gasteiger charge is -2.30. The number of benzene rings is 4. The molecule has 5 heteroatoms. The summed E-state index contributed by atoms with van der Waals surface area (Å²) < 4.78 is 5.30. The average Bonchev–Trinajstić information content (AvgIpc) is 2.89. The van der Waals surface area contributed by atoms with Gasteiger partial charge < -0.3 is 25.2 Å². The predicted octanol–water partition coefficient (Wildman–Crippen LogP) is 4.32. The van der Waals surface area contributed by atoms with Gasteiger partial charge in [-0.15, -0.1) is 0 Å². The van der Waals surface area contributed by atoms with Crippen LogP contribution in [0.4, 0.5) is 0 Å². The second-order valence-electron chi connectivity index (χ2n) is 8.92. The van der Waals surface area contributed by atoms with Gasteiger partial charge in [0.05, 0.1) is 7.11 Å². The van der Waals surface area contributed by atoms with E-state index < -0.39 is 24.4 Å². The molecule has 0 heterocycles. The number of fused-ring (bicyclic) bond motifs is 4. The maximum atomic E-state index is 11.2. The van der Waals surface area contributed by atoms with Crippen molar-refractivity contribution in [1.82, 2.24) is 0 Å². The van der Waals surface area contributed by atoms with Gasteiger partial charge in [0.1, 0.15) is 30.2 Å². The van der Waals surface area contributed by atoms with Crippen molar-refractivity contribution in [2.45, 2.75) is 24.4 Å². The first-order chi connectivity index (χ1) is 16.5. The number of aliphatic hydroxyl groups is 4. The normalized spacial score (nSPS) is 22.3. The highest BCUT2D eigenvalue weighted by Crippen LogP contribution is 2.45. The zero-order valence-electron chi connectivity index (χ0n) is 18.5. The maximum Gasteiger partial charge on any atom is 0.119 e. The molecule has 0 saturated heterocycles. The maximum absolute atomic E-state index is 11.2. The Morgan fingerprint density at radius 3 is 1.35 bits per heavy atom. The van der Waals surface area contributed by atoms with Gasteiger partial charge in [0.25, 0.3) is 0 Å². The van der Waals surface area contributed by atoms with Crippen LogP contribution in [-0.4, -0.2) is 27.5 Å². The molecule has 4 aromatic rings. The van der Waals surface area contributed by atoms with Crippen LogP contribution in [0.3, 0.4) is 0 Å². The van der Waals surface area contributed by atoms with Crippen LogP contribution >= 0.6 is 0 Å². The SMILES string of the molecule is COc1ccc2c(c1)C(O)c1cc(-c3ccc4c(c3)C(O)c3ccccc3C4O)ccc1C2O. The van der Waals surface area contributed by atoms with Crippen LogP contribution in [-0.2, 0) is 0 Å². The Labute approximate surface area is 197 Å². The Bertz CT molecular complexity index is 1430. The number of rotatable bonds is 2. The van der Waals surface area contributed by atoms with E-state index >= 15 is 0 Å². The summed E-state index contributed by atoms with van der Waals surface area (Å²) in [6.45, 7) is 0. The van der Waals surface area contributed by atoms with Crippen molar-refractivity contribution >= 4 is 0 Å². The Kier molecular flexibility index (Phi) is 4.83. The molecule has 0 bridgehead atoms. The highest BCUT2D eigenvalue weighted by molar-refractivity contribution is 5.69. The molecule has 2 aliphatic carbocycles. The standard InChI is InChI=1S/C29H24O5/c1-34-17-8-11-22-25(14-17)29(33)24-13-16(7-10-21(24)27(22)31)15-6-9-20-23(12-15)28(32)19-5-3-2-4-18(19)26(20)30/h2-14,26-33H,1H3. The zero-order chi connectivity index (χ0) is 23.6. The van der Waals surface area contributed by atoms with Crippen LogP contribution in [0.2, 0.25) is 0 Å². The number of hydrogen-bond acceptors (Lipinski definition) is 5. The molecular formula is C29H24O5. The molecule has 4 unspecified atom stereocenters. The molecule has 170 valence electrons. The molecule has 0 radical (unpaired) electrons. The Morgan fingerprint density at radius 1 is 0.471 bits per heavy atom. The Morgan fingerprint density at radius 2 is 0.853 bits per heavy atom. The van der Waals surface area contributed by atoms with E-state index in [9.17, 15) is 20.4 Å². The van der Waals surface area contributed by atoms with Crippen molar-refractivity contribution in [2.75, 3.05) is 7.11 Å². The highest BCUT2D eigenvalue weighted by Gasteiger charge is 2.32. The molecular weight excluding hydrogens is 428 g/mol. The third-order valence-corrected chi connectivity index (χ3v) is 7.15. The fraction of sp³-hybridized carbons (Fsp3) is 0.172. The first-order valence-corrected chi connectivity index (χ1v) is 11.2. The van der Waals surface area contributed by atoms with E-state index in [1.807, 2.05) is 60.7 Å². The van der Waals surface area contributed by atoms with Gasteiger partial charge in [-0.1, -0.05) is 54.6 Å². The van der Waals surface area contributed by atoms with Gasteiger partial charge in [-0.25, -0.2) is 0 Å². The Hall–Kier alpha value is -3.48. The molecule has 0 aliphatic heterocycles. The number of hydrogen-bond donors (Lipinski definition) is 4. The van der Waals surface area contributed by atoms with Crippen molar-refractivity contribution in [3.63, 3.8) is 0 Å². The van der Waals surface area contributed by atoms with Crippen LogP contribution in [0.25, 0.3) is 11.1 Å². The molecule has 0 amide bonds. The second kappa shape index (κ2) is 7.79. The molecule has 4 N–H and O–H groups in total. The molecule has 4 aromatic carbocycles. The summed E-state index contributed by atoms with van der Waals surface area (Å²) in [5.41, 5.74) is 7.05. The smallest absolute Gasteiger partial charge is 0.119 e. The first-order valence-electron chi connectivity index (χ1n) is 11.2. The largest absolute Gasteiger partial charge is 0.497 e. The molecule has 5 nitrogen and oxygen atoms in total. The van der Waals surface area contributed by atoms with Gasteiger partial charge in [0.2, 0.25) is 0 Å². The quantitative estimate of drug-likeness (QED) is 0.364. The van der Waals surface area contributed by atoms with E-state index in [1.165, 1.54) is 0 Å². The number of aliphatic hydroxyl groups excluding tert-OH is 4. The predicted molar refractivity (Wildman–Crippen MR) is 128 cm³/mol. The summed E-state index contributed by atoms with van der Waals surface area (Å²) in [4.78, 5) is 0. The van der Waals surface area contributed by atoms with Crippen LogP contribution < -0.4 is 4.74 Å². The van der Waals surface area contributed by atoms with Gasteiger partial charge in [0.15, 0.2) is 0 Å². The molecule has 2 aliphatic rings. The monoisotopic (exact) mass is 452 g/mol. The lowest BCUT2D eigenvalue weighted by Crippen LogP contribution is -2.18. The van der Waals surface area contributed by atoms with Gasteiger partial charge in [-0.2, -0.15) is 0 Å². The first kappa shape index (κ1) is 21.1. The third kappa shape index (κ3) is 3.02. The summed E-state index contributed by atoms with van der Waals surface area (Å²) in [6.07, 6.45) is -3.37. The van der Waals surface area contributed by atoms with E-state index in [4.69, 9.17) is 4.74 Å². The van der Waals surface area contributed by atoms with E-state index in [1.54, 1.807) is 25.3 Å². The van der Waals surface area contributed by atoms with Crippen molar-refractivity contribution in [2.24, 2.45) is 0 Å². The second-order valence-corrected chi connectivity index (χ2v) is 8.92. The Balaban J connectivity index is 1.43. The van der Waals surface area contributed by atoms with E-state index in [0.717, 1.165) is 16.7 Å². The highest BCUT2D eigenvalue weighted by atomic mass is 16.5. The van der Waals surface area contributed by atoms with Crippen LogP contribution in [0.1, 0.15) is 68.9 Å². The fourth-order valence-corrected chi connectivity index (χ4v) is 5.32. The molecule has 6 rings (SSSR count). The van der Waals surface area contributed by atoms with Crippen LogP contribution in [0, 0.1) is 0 Å². The number of methoxy groups -OCH3 is 1. The molecule has 0 saturated carbocycles. The topological polar surface area (TPSA) is 90.2 Å². The van der Waals surface area contributed by atoms with Gasteiger partial charge in [-0.05, 0) is 79.9 Å². The van der Waals surface area contributed by atoms with Crippen LogP contribution in [0.5, 0.6) is 5.75 Å². The van der Waals surface area contributed by atoms with Gasteiger partial charge >= 0.3 is 0 Å². The summed E-state index contributed by atoms with van der Waals surface area (Å²) in [7, 11) is 1.57. The lowest BCUT2D eigenvalue weighted by molar-refractivity contribution is 0.173. The number of ether oxygens (including phenoxy) is 1. The van der Waals surface area contributed by atoms with Crippen molar-refractivity contribution < 1.29 is 25.2 Å². The van der Waals surface area contributed by atoms with Crippen molar-refractivity contribution in [3.05, 3.63) is 123 Å². The minimum absolute atomic E-state index is 0.618. The summed E-state index contributed by atoms with van der Waals surface area (Å²) in [5, 5.41) is 44.0. The van der Waals surface area contributed by atoms with Gasteiger partial charge in [-0.3, -0.25) is 0 Å².